The van der Waals surface area contributed by atoms with Crippen LogP contribution in [0.3, 0.4) is 0 Å². The Labute approximate surface area is 841 Å². The van der Waals surface area contributed by atoms with Gasteiger partial charge in [0.25, 0.3) is 0 Å². The molecule has 0 fully saturated rings. The van der Waals surface area contributed by atoms with Crippen LogP contribution in [0, 0.1) is 0 Å². The Kier molecular flexibility index (Phi) is 477. The first-order chi connectivity index (χ1) is 64.9. The monoisotopic (exact) mass is 1970 g/mol. The van der Waals surface area contributed by atoms with Crippen LogP contribution >= 0.6 is 47.0 Å². The van der Waals surface area contributed by atoms with Crippen molar-refractivity contribution in [2.24, 2.45) is 131 Å². The molecule has 786 valence electrons. The number of hydrazone groups is 1. The normalized spacial score (nSPS) is 10.4. The van der Waals surface area contributed by atoms with E-state index in [2.05, 4.69) is 196 Å². The molecule has 0 aromatic heterocycles. The number of aliphatic imine (C=N–C) groups is 17. The second-order valence-corrected chi connectivity index (χ2v) is 21.4. The highest BCUT2D eigenvalue weighted by Gasteiger charge is 1.61. The summed E-state index contributed by atoms with van der Waals surface area (Å²) in [4.78, 5) is 62.0. The molecule has 0 aromatic rings. The van der Waals surface area contributed by atoms with E-state index in [9.17, 15) is 0 Å². The topological polar surface area (TPSA) is 418 Å². The molecule has 0 spiro atoms. The molecule has 0 heterocycles. The fourth-order valence-corrected chi connectivity index (χ4v) is 4.53. The van der Waals surface area contributed by atoms with Gasteiger partial charge in [-0.05, 0) is 205 Å². The fourth-order valence-electron chi connectivity index (χ4n) is 3.56. The average molecular weight is 1970 g/mol. The van der Waals surface area contributed by atoms with E-state index in [4.69, 9.17) is 0 Å². The van der Waals surface area contributed by atoms with Crippen LogP contribution in [0.4, 0.5) is 0 Å². The smallest absolute Gasteiger partial charge is 0.168 e. The molecule has 0 atom stereocenters. The first-order valence-electron chi connectivity index (χ1n) is 41.6. The van der Waals surface area contributed by atoms with Gasteiger partial charge in [0.1, 0.15) is 25.4 Å². The molecule has 0 radical (unpaired) electrons. The van der Waals surface area contributed by atoms with Crippen LogP contribution in [0.1, 0.15) is 145 Å². The van der Waals surface area contributed by atoms with Crippen LogP contribution in [0.2, 0.25) is 0 Å². The van der Waals surface area contributed by atoms with E-state index < -0.39 is 0 Å². The number of rotatable bonds is 25. The summed E-state index contributed by atoms with van der Waals surface area (Å²) in [5.41, 5.74) is 8.65. The number of allylic oxidation sites excluding steroid dienone is 17. The Balaban J connectivity index is -0.0000000402. The highest BCUT2D eigenvalue weighted by molar-refractivity contribution is 8.11. The first kappa shape index (κ1) is 191. The molecule has 0 aliphatic rings. The number of nitrogens with zero attached hydrogens (tertiary/aromatic N) is 26. The number of ether oxygens (including phenoxy) is 4. The minimum Gasteiger partial charge on any atom is -0.505 e. The molecule has 0 unspecified atom stereocenters. The summed E-state index contributed by atoms with van der Waals surface area (Å²) in [6.07, 6.45) is 76.8. The Morgan fingerprint density at radius 1 is 0.299 bits per heavy atom. The van der Waals surface area contributed by atoms with Crippen LogP contribution in [-0.2, 0) is 18.9 Å². The highest BCUT2D eigenvalue weighted by Crippen LogP contribution is 1.90. The molecule has 0 saturated carbocycles. The van der Waals surface area contributed by atoms with Crippen molar-refractivity contribution in [2.75, 3.05) is 222 Å². The van der Waals surface area contributed by atoms with Crippen molar-refractivity contribution >= 4 is 159 Å². The zero-order valence-corrected chi connectivity index (χ0v) is 97.0. The number of nitrogens with one attached hydrogen (secondary N) is 5. The summed E-state index contributed by atoms with van der Waals surface area (Å²) in [5.74, 6) is 0. The lowest BCUT2D eigenvalue weighted by Crippen LogP contribution is -1.99. The van der Waals surface area contributed by atoms with E-state index in [1.54, 1.807) is 301 Å². The van der Waals surface area contributed by atoms with Gasteiger partial charge in [0, 0.05) is 210 Å². The third-order valence-corrected chi connectivity index (χ3v) is 9.69. The summed E-state index contributed by atoms with van der Waals surface area (Å²) in [6, 6.07) is 0. The maximum Gasteiger partial charge on any atom is 0.168 e. The molecule has 0 bridgehead atoms. The highest BCUT2D eigenvalue weighted by atomic mass is 32.2. The number of azo groups is 3. The number of thioether (sulfide) groups is 4. The number of methoxy groups -OCH3 is 4. The quantitative estimate of drug-likeness (QED) is 0.0108. The van der Waals surface area contributed by atoms with E-state index in [0.717, 1.165) is 19.5 Å². The van der Waals surface area contributed by atoms with Crippen molar-refractivity contribution in [3.63, 3.8) is 0 Å². The third kappa shape index (κ3) is 757. The Hall–Kier alpha value is -11.1. The van der Waals surface area contributed by atoms with Crippen LogP contribution in [0.5, 0.6) is 0 Å². The first-order valence-corrected chi connectivity index (χ1v) is 46.8. The maximum atomic E-state index is 4.51. The van der Waals surface area contributed by atoms with Gasteiger partial charge in [-0.3, -0.25) is 90.3 Å². The third-order valence-electron chi connectivity index (χ3n) is 7.76. The van der Waals surface area contributed by atoms with Crippen LogP contribution < -0.4 is 26.8 Å². The van der Waals surface area contributed by atoms with Gasteiger partial charge in [-0.1, -0.05) is 103 Å². The predicted molar refractivity (Wildman–Crippen MR) is 638 cm³/mol. The molecule has 0 saturated heterocycles. The lowest BCUT2D eigenvalue weighted by Gasteiger charge is -1.76. The largest absolute Gasteiger partial charge is 0.505 e. The van der Waals surface area contributed by atoms with Crippen molar-refractivity contribution in [1.29, 1.82) is 0 Å². The van der Waals surface area contributed by atoms with Gasteiger partial charge in [-0.25, -0.2) is 0 Å². The van der Waals surface area contributed by atoms with Gasteiger partial charge in [0.2, 0.25) is 0 Å². The van der Waals surface area contributed by atoms with Crippen LogP contribution in [-0.4, -0.2) is 333 Å². The van der Waals surface area contributed by atoms with Crippen LogP contribution in [0.15, 0.2) is 276 Å². The molecule has 5 N–H and O–H groups in total. The van der Waals surface area contributed by atoms with Gasteiger partial charge in [0.15, 0.2) is 12.8 Å². The average Bonchev–Trinajstić information content (AvgIpc) is 1.93. The molecule has 0 rings (SSSR count). The zero-order valence-electron chi connectivity index (χ0n) is 93.8. The Bertz CT molecular complexity index is 2060. The predicted octanol–water partition coefficient (Wildman–Crippen LogP) is 24.2. The van der Waals surface area contributed by atoms with Crippen LogP contribution in [0.25, 0.3) is 0 Å². The second-order valence-electron chi connectivity index (χ2n) is 18.6. The summed E-state index contributed by atoms with van der Waals surface area (Å²) in [5, 5.41) is 43.5. The molecule has 0 aliphatic heterocycles. The molecule has 35 nitrogen and oxygen atoms in total. The van der Waals surface area contributed by atoms with E-state index in [1.807, 2.05) is 292 Å². The lowest BCUT2D eigenvalue weighted by molar-refractivity contribution is 0.337. The summed E-state index contributed by atoms with van der Waals surface area (Å²) >= 11 is 6.66. The lowest BCUT2D eigenvalue weighted by atomic mass is 10.4. The maximum absolute atomic E-state index is 4.51. The zero-order chi connectivity index (χ0) is 109. The standard InChI is InChI=1S/C6H10.3C5H9N.C5H10.3C4H8N2.3C4H9N.2C4H8O.2C4H8S.2C3H7N3.3C3H8N2.2C3H7NO.2C3H7NS.C2H7N3/c1-3-5-6-4-2;2*1-3-4-5-6-2;1-3-5-6-4-2;1-3-5-4-2;1-5-3-4-6-2;2*1-3-6-4-5-2;2*1-3-4-5-2;1-3-5-4-2;4*1-3-4-5-2;2*1-4-3-6-5-2;1-4-3-5-2;2*1-3-5-4-2;4*1-4-3-5-2;1-3-5-4-2/h3-6H,1-2H3;3*3-5H,1-2H3;3,5H,4H2,1-2H3;3*3-4H,1-2H3;2*3-5H,1-2H3;3H,4H2,1-2H3;4*3-4H,1-2H3;2*3H,1-2H3;3H,1-2H3,(H,4,5);3H2,1-2H3;3-4H,1-2H3;4*3H,1-2H3;1-2H3,(H,3,4). The molecular formula is C95H203N31O4S4. The second kappa shape index (κ2) is 335. The number of hydrogen-bond acceptors (Lipinski definition) is 33. The van der Waals surface area contributed by atoms with E-state index in [-0.39, 0.29) is 0 Å². The van der Waals surface area contributed by atoms with Crippen molar-refractivity contribution in [3.05, 3.63) is 145 Å². The van der Waals surface area contributed by atoms with Gasteiger partial charge >= 0.3 is 0 Å². The Morgan fingerprint density at radius 3 is 0.709 bits per heavy atom. The summed E-state index contributed by atoms with van der Waals surface area (Å²) in [7, 11) is 44.0. The van der Waals surface area contributed by atoms with Gasteiger partial charge < -0.3 is 40.3 Å². The molecule has 39 heteroatoms. The molecular weight excluding hydrogens is 1770 g/mol. The molecule has 0 aliphatic carbocycles. The van der Waals surface area contributed by atoms with Gasteiger partial charge in [0.05, 0.1) is 72.0 Å². The van der Waals surface area contributed by atoms with Gasteiger partial charge in [-0.15, -0.1) is 57.3 Å². The molecule has 0 amide bonds. The van der Waals surface area contributed by atoms with Crippen molar-refractivity contribution in [1.82, 2.24) is 26.8 Å². The van der Waals surface area contributed by atoms with E-state index >= 15 is 0 Å². The minimum atomic E-state index is 0.802. The molecule has 134 heavy (non-hydrogen) atoms. The van der Waals surface area contributed by atoms with Crippen molar-refractivity contribution in [3.8, 4) is 0 Å². The molecule has 0 aromatic carbocycles. The van der Waals surface area contributed by atoms with Crippen molar-refractivity contribution in [2.45, 2.75) is 145 Å². The van der Waals surface area contributed by atoms with Crippen molar-refractivity contribution < 1.29 is 18.9 Å². The van der Waals surface area contributed by atoms with E-state index in [0.29, 0.717) is 0 Å². The summed E-state index contributed by atoms with van der Waals surface area (Å²) in [6.45, 7) is 40.8. The van der Waals surface area contributed by atoms with E-state index in [1.165, 1.54) is 38.2 Å². The Morgan fingerprint density at radius 2 is 0.664 bits per heavy atom. The fraction of sp³-hybridized carbons (Fsp3) is 0.558. The SMILES string of the molecule is CC=CC=CC.CC=CC=NC.CC=CC=NC.CC=CCC.CC=CN=CC.CC=CNC.CC=CNC.CC=COC.CC=COC.CC=CSC.CC=CSC.CC=NC=NC.CC=NC=NC.CC=NCC.CC=NNC.CCN=NC.CN=CC=NC.CN=CN=NC.CN=CN=NC.CN=CNC.CN=COC.CN=COC.CN=CSC.CN=CSC.CN=NNC. The summed E-state index contributed by atoms with van der Waals surface area (Å²) < 4.78 is 17.8. The number of hydrogen-bond donors (Lipinski definition) is 5. The van der Waals surface area contributed by atoms with Gasteiger partial charge in [-0.2, -0.15) is 30.7 Å². The minimum absolute atomic E-state index is 0.802.